The maximum Gasteiger partial charge on any atom is 0.333 e. The van der Waals surface area contributed by atoms with Crippen molar-refractivity contribution in [1.29, 1.82) is 0 Å². The fraction of sp³-hybridized carbons (Fsp3) is 0.421. The zero-order valence-corrected chi connectivity index (χ0v) is 17.6. The van der Waals surface area contributed by atoms with Crippen molar-refractivity contribution < 1.29 is 27.6 Å². The van der Waals surface area contributed by atoms with Gasteiger partial charge in [-0.2, -0.15) is 18.0 Å². The number of nitrogens with one attached hydrogen (secondary N) is 1. The molecule has 1 aliphatic heterocycles. The molecule has 5 rings (SSSR count). The van der Waals surface area contributed by atoms with Crippen LogP contribution in [0.2, 0.25) is 0 Å². The minimum Gasteiger partial charge on any atom is -0.387 e. The van der Waals surface area contributed by atoms with Gasteiger partial charge < -0.3 is 20.3 Å². The Morgan fingerprint density at radius 1 is 1.22 bits per heavy atom. The Labute approximate surface area is 183 Å². The highest BCUT2D eigenvalue weighted by molar-refractivity contribution is 7.84. The van der Waals surface area contributed by atoms with E-state index in [0.29, 0.717) is 17.2 Å². The van der Waals surface area contributed by atoms with E-state index in [4.69, 9.17) is 9.88 Å². The van der Waals surface area contributed by atoms with Crippen molar-refractivity contribution in [3.8, 4) is 0 Å². The van der Waals surface area contributed by atoms with Gasteiger partial charge in [-0.3, -0.25) is 4.18 Å². The van der Waals surface area contributed by atoms with Crippen molar-refractivity contribution >= 4 is 21.9 Å². The molecule has 0 saturated carbocycles. The van der Waals surface area contributed by atoms with Gasteiger partial charge in [0.1, 0.15) is 30.7 Å². The van der Waals surface area contributed by atoms with Crippen LogP contribution in [0.3, 0.4) is 0 Å². The number of aryl methyl sites for hydroxylation is 1. The van der Waals surface area contributed by atoms with Crippen molar-refractivity contribution in [2.24, 2.45) is 5.14 Å². The van der Waals surface area contributed by atoms with Crippen molar-refractivity contribution in [1.82, 2.24) is 19.6 Å². The van der Waals surface area contributed by atoms with Gasteiger partial charge in [-0.25, -0.2) is 15.1 Å². The van der Waals surface area contributed by atoms with Gasteiger partial charge in [0.15, 0.2) is 5.65 Å². The molecule has 32 heavy (non-hydrogen) atoms. The molecule has 13 heteroatoms. The average molecular weight is 462 g/mol. The van der Waals surface area contributed by atoms with Gasteiger partial charge in [0.05, 0.1) is 18.8 Å². The Morgan fingerprint density at radius 2 is 2.03 bits per heavy atom. The number of aromatic nitrogens is 4. The van der Waals surface area contributed by atoms with E-state index in [1.807, 2.05) is 12.1 Å². The van der Waals surface area contributed by atoms with Crippen LogP contribution in [0.4, 0.5) is 5.95 Å². The molecule has 3 aromatic rings. The van der Waals surface area contributed by atoms with E-state index in [1.54, 1.807) is 0 Å². The fourth-order valence-electron chi connectivity index (χ4n) is 4.30. The second kappa shape index (κ2) is 8.03. The normalized spacial score (nSPS) is 27.7. The van der Waals surface area contributed by atoms with E-state index >= 15 is 0 Å². The number of nitrogens with zero attached hydrogens (tertiary/aromatic N) is 4. The van der Waals surface area contributed by atoms with Crippen LogP contribution in [0.15, 0.2) is 36.8 Å². The predicted molar refractivity (Wildman–Crippen MR) is 111 cm³/mol. The lowest BCUT2D eigenvalue weighted by Crippen LogP contribution is -2.34. The Balaban J connectivity index is 1.40. The van der Waals surface area contributed by atoms with E-state index < -0.39 is 41.3 Å². The number of hydrogen-bond donors (Lipinski definition) is 4. The van der Waals surface area contributed by atoms with Crippen LogP contribution in [0, 0.1) is 0 Å². The molecule has 170 valence electrons. The minimum atomic E-state index is -4.21. The van der Waals surface area contributed by atoms with Crippen molar-refractivity contribution in [2.75, 3.05) is 11.9 Å². The van der Waals surface area contributed by atoms with Crippen molar-refractivity contribution in [3.05, 3.63) is 53.5 Å². The molecule has 1 aromatic carbocycles. The van der Waals surface area contributed by atoms with E-state index in [1.165, 1.54) is 28.2 Å². The van der Waals surface area contributed by atoms with Crippen LogP contribution in [0.25, 0.3) is 5.65 Å². The number of anilines is 1. The molecule has 0 amide bonds. The summed E-state index contributed by atoms with van der Waals surface area (Å²) in [6.07, 6.45) is -0.0828. The molecular formula is C19H22N6O6S. The summed E-state index contributed by atoms with van der Waals surface area (Å²) in [6, 6.07) is 8.29. The summed E-state index contributed by atoms with van der Waals surface area (Å²) in [6.45, 7) is -0.532. The number of rotatable bonds is 6. The van der Waals surface area contributed by atoms with Crippen LogP contribution in [0.1, 0.15) is 35.3 Å². The molecular weight excluding hydrogens is 440 g/mol. The highest BCUT2D eigenvalue weighted by Crippen LogP contribution is 2.37. The van der Waals surface area contributed by atoms with Gasteiger partial charge in [-0.1, -0.05) is 24.3 Å². The van der Waals surface area contributed by atoms with Crippen LogP contribution < -0.4 is 10.5 Å². The van der Waals surface area contributed by atoms with Crippen LogP contribution >= 0.6 is 0 Å². The van der Waals surface area contributed by atoms with Gasteiger partial charge in [0, 0.05) is 5.56 Å². The smallest absolute Gasteiger partial charge is 0.333 e. The number of nitrogens with two attached hydrogens (primary N) is 1. The van der Waals surface area contributed by atoms with Gasteiger partial charge in [0.25, 0.3) is 0 Å². The molecule has 1 saturated heterocycles. The number of hydrogen-bond acceptors (Lipinski definition) is 10. The molecule has 5 N–H and O–H groups in total. The van der Waals surface area contributed by atoms with Crippen molar-refractivity contribution in [2.45, 2.75) is 43.3 Å². The second-order valence-corrected chi connectivity index (χ2v) is 9.04. The van der Waals surface area contributed by atoms with Gasteiger partial charge in [0.2, 0.25) is 5.95 Å². The third-order valence-corrected chi connectivity index (χ3v) is 6.30. The van der Waals surface area contributed by atoms with Crippen LogP contribution in [0.5, 0.6) is 0 Å². The first-order valence-electron chi connectivity index (χ1n) is 10.0. The maximum absolute atomic E-state index is 11.0. The monoisotopic (exact) mass is 462 g/mol. The molecule has 2 aromatic heterocycles. The summed E-state index contributed by atoms with van der Waals surface area (Å²) in [5, 5.41) is 33.3. The Kier molecular flexibility index (Phi) is 5.31. The number of ether oxygens (including phenoxy) is 1. The SMILES string of the molecule is NS(=O)(=O)OC[C@H]1O[C@@H](c2cnn3c(N[C@H]4CCc5ccccc54)ncnc23)[C@H](O)[C@@H]1O. The zero-order valence-electron chi connectivity index (χ0n) is 16.8. The topological polar surface area (TPSA) is 174 Å². The van der Waals surface area contributed by atoms with E-state index in [0.717, 1.165) is 12.8 Å². The van der Waals surface area contributed by atoms with E-state index in [-0.39, 0.29) is 6.04 Å². The van der Waals surface area contributed by atoms with Gasteiger partial charge >= 0.3 is 10.3 Å². The quantitative estimate of drug-likeness (QED) is 0.377. The maximum atomic E-state index is 11.0. The van der Waals surface area contributed by atoms with Gasteiger partial charge in [-0.05, 0) is 24.0 Å². The second-order valence-electron chi connectivity index (χ2n) is 7.82. The zero-order chi connectivity index (χ0) is 22.5. The van der Waals surface area contributed by atoms with Crippen LogP contribution in [-0.4, -0.2) is 63.1 Å². The average Bonchev–Trinajstić information content (AvgIpc) is 3.44. The Morgan fingerprint density at radius 3 is 2.84 bits per heavy atom. The third-order valence-electron chi connectivity index (χ3n) is 5.83. The number of benzene rings is 1. The molecule has 1 aliphatic carbocycles. The first-order chi connectivity index (χ1) is 15.3. The molecule has 3 heterocycles. The Hall–Kier alpha value is -2.68. The van der Waals surface area contributed by atoms with Gasteiger partial charge in [-0.15, -0.1) is 0 Å². The summed E-state index contributed by atoms with van der Waals surface area (Å²) in [5.41, 5.74) is 3.31. The standard InChI is InChI=1S/C19H22N6O6S/c20-32(28,29)30-8-14-15(26)16(27)17(31-14)12-7-23-25-18(12)21-9-22-19(25)24-13-6-5-10-3-1-2-4-11(10)13/h1-4,7,9,13-17,26-27H,5-6,8H2,(H2,20,28,29)(H,21,22,24)/t13-,14+,15+,16+,17-/m0/s1. The summed E-state index contributed by atoms with van der Waals surface area (Å²) in [7, 11) is -4.21. The molecule has 0 bridgehead atoms. The molecule has 0 spiro atoms. The molecule has 0 unspecified atom stereocenters. The van der Waals surface area contributed by atoms with E-state index in [9.17, 15) is 18.6 Å². The van der Waals surface area contributed by atoms with Crippen LogP contribution in [-0.2, 0) is 25.6 Å². The highest BCUT2D eigenvalue weighted by Gasteiger charge is 2.45. The molecule has 1 fully saturated rings. The minimum absolute atomic E-state index is 0.0758. The summed E-state index contributed by atoms with van der Waals surface area (Å²) in [4.78, 5) is 8.58. The molecule has 2 aliphatic rings. The molecule has 5 atom stereocenters. The first kappa shape index (κ1) is 21.2. The number of fused-ring (bicyclic) bond motifs is 2. The predicted octanol–water partition coefficient (Wildman–Crippen LogP) is -0.395. The highest BCUT2D eigenvalue weighted by atomic mass is 32.2. The summed E-state index contributed by atoms with van der Waals surface area (Å²) >= 11 is 0. The molecule has 12 nitrogen and oxygen atoms in total. The molecule has 0 radical (unpaired) electrons. The summed E-state index contributed by atoms with van der Waals surface area (Å²) < 4.78 is 33.8. The first-order valence-corrected chi connectivity index (χ1v) is 11.5. The summed E-state index contributed by atoms with van der Waals surface area (Å²) in [5.74, 6) is 0.477. The lowest BCUT2D eigenvalue weighted by Gasteiger charge is -2.16. The van der Waals surface area contributed by atoms with Crippen molar-refractivity contribution in [3.63, 3.8) is 0 Å². The lowest BCUT2D eigenvalue weighted by molar-refractivity contribution is -0.0153. The lowest BCUT2D eigenvalue weighted by atomic mass is 10.0. The Bertz CT molecular complexity index is 1250. The number of aliphatic hydroxyl groups is 2. The largest absolute Gasteiger partial charge is 0.387 e. The fourth-order valence-corrected chi connectivity index (χ4v) is 4.62. The van der Waals surface area contributed by atoms with E-state index in [2.05, 4.69) is 36.7 Å². The number of aliphatic hydroxyl groups excluding tert-OH is 2. The third kappa shape index (κ3) is 3.83.